The Morgan fingerprint density at radius 2 is 1.87 bits per heavy atom. The van der Waals surface area contributed by atoms with Crippen LogP contribution in [0.4, 0.5) is 4.79 Å². The highest BCUT2D eigenvalue weighted by Crippen LogP contribution is 2.21. The van der Waals surface area contributed by atoms with Crippen molar-refractivity contribution in [2.75, 3.05) is 12.4 Å². The summed E-state index contributed by atoms with van der Waals surface area (Å²) in [4.78, 5) is 11.8. The molecule has 0 heterocycles. The molecule has 0 aromatic heterocycles. The van der Waals surface area contributed by atoms with Gasteiger partial charge in [-0.05, 0) is 49.4 Å². The van der Waals surface area contributed by atoms with Gasteiger partial charge in [-0.1, -0.05) is 42.5 Å². The van der Waals surface area contributed by atoms with Gasteiger partial charge in [-0.15, -0.1) is 11.6 Å². The fourth-order valence-electron chi connectivity index (χ4n) is 2.50. The van der Waals surface area contributed by atoms with E-state index in [4.69, 9.17) is 16.3 Å². The molecule has 2 aromatic rings. The lowest BCUT2D eigenvalue weighted by atomic mass is 9.96. The minimum Gasteiger partial charge on any atom is -0.444 e. The van der Waals surface area contributed by atoms with E-state index in [1.165, 1.54) is 16.3 Å². The van der Waals surface area contributed by atoms with Gasteiger partial charge in [-0.3, -0.25) is 0 Å². The molecule has 1 unspecified atom stereocenters. The highest BCUT2D eigenvalue weighted by atomic mass is 35.5. The van der Waals surface area contributed by atoms with Crippen molar-refractivity contribution >= 4 is 28.5 Å². The normalized spacial score (nSPS) is 12.9. The lowest BCUT2D eigenvalue weighted by molar-refractivity contribution is 0.0521. The van der Waals surface area contributed by atoms with Gasteiger partial charge in [0, 0.05) is 12.4 Å². The third kappa shape index (κ3) is 5.43. The van der Waals surface area contributed by atoms with E-state index in [1.807, 2.05) is 32.9 Å². The zero-order valence-corrected chi connectivity index (χ0v) is 14.7. The van der Waals surface area contributed by atoms with E-state index in [0.29, 0.717) is 12.4 Å². The van der Waals surface area contributed by atoms with Crippen molar-refractivity contribution < 1.29 is 9.53 Å². The van der Waals surface area contributed by atoms with Crippen LogP contribution in [-0.4, -0.2) is 24.1 Å². The third-order valence-electron chi connectivity index (χ3n) is 3.54. The fraction of sp³-hybridized carbons (Fsp3) is 0.421. The van der Waals surface area contributed by atoms with Crippen LogP contribution in [0.5, 0.6) is 0 Å². The number of hydrogen-bond donors (Lipinski definition) is 1. The number of halogens is 1. The molecule has 1 atom stereocenters. The van der Waals surface area contributed by atoms with Crippen LogP contribution in [0, 0.1) is 5.92 Å². The molecule has 0 saturated heterocycles. The van der Waals surface area contributed by atoms with Crippen LogP contribution in [0.25, 0.3) is 10.8 Å². The number of alkyl halides is 1. The zero-order valence-electron chi connectivity index (χ0n) is 13.9. The van der Waals surface area contributed by atoms with Crippen LogP contribution in [0.2, 0.25) is 0 Å². The molecule has 124 valence electrons. The molecular formula is C19H24ClNO2. The maximum atomic E-state index is 11.8. The van der Waals surface area contributed by atoms with Gasteiger partial charge in [0.05, 0.1) is 0 Å². The van der Waals surface area contributed by atoms with Gasteiger partial charge >= 0.3 is 6.09 Å². The fourth-order valence-corrected chi connectivity index (χ4v) is 2.72. The standard InChI is InChI=1S/C19H24ClNO2/c1-19(2,3)23-18(22)21-13-14(12-20)11-16-9-6-8-15-7-4-5-10-17(15)16/h4-10,14H,11-13H2,1-3H3,(H,21,22). The van der Waals surface area contributed by atoms with Crippen LogP contribution >= 0.6 is 11.6 Å². The van der Waals surface area contributed by atoms with E-state index < -0.39 is 11.7 Å². The molecule has 0 aliphatic rings. The maximum absolute atomic E-state index is 11.8. The minimum absolute atomic E-state index is 0.162. The van der Waals surface area contributed by atoms with Crippen molar-refractivity contribution in [2.45, 2.75) is 32.8 Å². The third-order valence-corrected chi connectivity index (χ3v) is 3.98. The lowest BCUT2D eigenvalue weighted by Gasteiger charge is -2.21. The molecule has 3 nitrogen and oxygen atoms in total. The van der Waals surface area contributed by atoms with Crippen molar-refractivity contribution in [3.05, 3.63) is 48.0 Å². The predicted molar refractivity (Wildman–Crippen MR) is 96.1 cm³/mol. The van der Waals surface area contributed by atoms with E-state index in [2.05, 4.69) is 35.6 Å². The molecule has 0 bridgehead atoms. The molecule has 2 rings (SSSR count). The first kappa shape index (κ1) is 17.6. The summed E-state index contributed by atoms with van der Waals surface area (Å²) in [5.74, 6) is 0.647. The SMILES string of the molecule is CC(C)(C)OC(=O)NCC(CCl)Cc1cccc2ccccc12. The average Bonchev–Trinajstić information content (AvgIpc) is 2.50. The number of ether oxygens (including phenoxy) is 1. The summed E-state index contributed by atoms with van der Waals surface area (Å²) in [5.41, 5.74) is 0.760. The van der Waals surface area contributed by atoms with Crippen molar-refractivity contribution in [2.24, 2.45) is 5.92 Å². The van der Waals surface area contributed by atoms with Gasteiger partial charge in [-0.2, -0.15) is 0 Å². The Labute approximate surface area is 143 Å². The van der Waals surface area contributed by atoms with E-state index in [-0.39, 0.29) is 5.92 Å². The Kier molecular flexibility index (Phi) is 5.89. The smallest absolute Gasteiger partial charge is 0.407 e. The van der Waals surface area contributed by atoms with Crippen LogP contribution in [0.15, 0.2) is 42.5 Å². The van der Waals surface area contributed by atoms with Crippen LogP contribution in [-0.2, 0) is 11.2 Å². The highest BCUT2D eigenvalue weighted by Gasteiger charge is 2.17. The average molecular weight is 334 g/mol. The Hall–Kier alpha value is -1.74. The molecule has 0 radical (unpaired) electrons. The first-order chi connectivity index (χ1) is 10.9. The Morgan fingerprint density at radius 1 is 1.17 bits per heavy atom. The topological polar surface area (TPSA) is 38.3 Å². The summed E-state index contributed by atoms with van der Waals surface area (Å²) in [6, 6.07) is 14.6. The van der Waals surface area contributed by atoms with Crippen LogP contribution in [0.3, 0.4) is 0 Å². The monoisotopic (exact) mass is 333 g/mol. The molecule has 0 fully saturated rings. The summed E-state index contributed by atoms with van der Waals surface area (Å²) >= 11 is 6.09. The van der Waals surface area contributed by atoms with Crippen LogP contribution in [0.1, 0.15) is 26.3 Å². The quantitative estimate of drug-likeness (QED) is 0.801. The molecule has 0 aliphatic carbocycles. The summed E-state index contributed by atoms with van der Waals surface area (Å²) in [7, 11) is 0. The van der Waals surface area contributed by atoms with Gasteiger partial charge in [-0.25, -0.2) is 4.79 Å². The lowest BCUT2D eigenvalue weighted by Crippen LogP contribution is -2.36. The molecule has 2 aromatic carbocycles. The van der Waals surface area contributed by atoms with Gasteiger partial charge in [0.15, 0.2) is 0 Å². The Balaban J connectivity index is 2.00. The largest absolute Gasteiger partial charge is 0.444 e. The Bertz CT molecular complexity index is 658. The molecular weight excluding hydrogens is 310 g/mol. The number of carbonyl (C=O) groups excluding carboxylic acids is 1. The van der Waals surface area contributed by atoms with Crippen LogP contribution < -0.4 is 5.32 Å². The number of carbonyl (C=O) groups is 1. The number of alkyl carbamates (subject to hydrolysis) is 1. The van der Waals surface area contributed by atoms with Gasteiger partial charge in [0.2, 0.25) is 0 Å². The second-order valence-corrected chi connectivity index (χ2v) is 7.05. The zero-order chi connectivity index (χ0) is 16.9. The minimum atomic E-state index is -0.490. The van der Waals surface area contributed by atoms with Crippen molar-refractivity contribution in [3.8, 4) is 0 Å². The van der Waals surface area contributed by atoms with Gasteiger partial charge < -0.3 is 10.1 Å². The number of fused-ring (bicyclic) bond motifs is 1. The van der Waals surface area contributed by atoms with Gasteiger partial charge in [0.25, 0.3) is 0 Å². The van der Waals surface area contributed by atoms with E-state index in [1.54, 1.807) is 0 Å². The molecule has 0 aliphatic heterocycles. The van der Waals surface area contributed by atoms with Crippen molar-refractivity contribution in [1.29, 1.82) is 0 Å². The number of amides is 1. The molecule has 1 N–H and O–H groups in total. The van der Waals surface area contributed by atoms with Gasteiger partial charge in [0.1, 0.15) is 5.60 Å². The second kappa shape index (κ2) is 7.69. The maximum Gasteiger partial charge on any atom is 0.407 e. The number of rotatable bonds is 5. The van der Waals surface area contributed by atoms with Crippen molar-refractivity contribution in [3.63, 3.8) is 0 Å². The first-order valence-corrected chi connectivity index (χ1v) is 8.42. The molecule has 0 spiro atoms. The summed E-state index contributed by atoms with van der Waals surface area (Å²) in [6.45, 7) is 6.05. The van der Waals surface area contributed by atoms with E-state index >= 15 is 0 Å². The summed E-state index contributed by atoms with van der Waals surface area (Å²) in [5, 5.41) is 5.27. The summed E-state index contributed by atoms with van der Waals surface area (Å²) in [6.07, 6.45) is 0.422. The highest BCUT2D eigenvalue weighted by molar-refractivity contribution is 6.18. The van der Waals surface area contributed by atoms with Crippen molar-refractivity contribution in [1.82, 2.24) is 5.32 Å². The second-order valence-electron chi connectivity index (χ2n) is 6.75. The number of nitrogens with one attached hydrogen (secondary N) is 1. The number of benzene rings is 2. The number of hydrogen-bond acceptors (Lipinski definition) is 2. The molecule has 1 amide bonds. The Morgan fingerprint density at radius 3 is 2.57 bits per heavy atom. The predicted octanol–water partition coefficient (Wildman–Crippen LogP) is 4.76. The van der Waals surface area contributed by atoms with E-state index in [9.17, 15) is 4.79 Å². The molecule has 0 saturated carbocycles. The summed E-state index contributed by atoms with van der Waals surface area (Å²) < 4.78 is 5.26. The molecule has 23 heavy (non-hydrogen) atoms. The molecule has 4 heteroatoms. The van der Waals surface area contributed by atoms with E-state index in [0.717, 1.165) is 6.42 Å². The first-order valence-electron chi connectivity index (χ1n) is 7.88.